The zero-order valence-corrected chi connectivity index (χ0v) is 12.5. The van der Waals surface area contributed by atoms with Crippen molar-refractivity contribution in [2.24, 2.45) is 5.41 Å². The molecule has 0 saturated carbocycles. The lowest BCUT2D eigenvalue weighted by atomic mass is 9.85. The zero-order valence-electron chi connectivity index (χ0n) is 12.5. The molecule has 0 fully saturated rings. The van der Waals surface area contributed by atoms with Gasteiger partial charge in [0.15, 0.2) is 5.79 Å². The maximum Gasteiger partial charge on any atom is 0.162 e. The Kier molecular flexibility index (Phi) is 3.74. The fourth-order valence-corrected chi connectivity index (χ4v) is 2.56. The van der Waals surface area contributed by atoms with E-state index in [0.29, 0.717) is 6.61 Å². The van der Waals surface area contributed by atoms with Gasteiger partial charge in [-0.3, -0.25) is 0 Å². The highest BCUT2D eigenvalue weighted by Gasteiger charge is 2.42. The van der Waals surface area contributed by atoms with Gasteiger partial charge >= 0.3 is 0 Å². The van der Waals surface area contributed by atoms with Gasteiger partial charge in [0.1, 0.15) is 0 Å². The minimum Gasteiger partial charge on any atom is -0.388 e. The Morgan fingerprint density at radius 1 is 1.42 bits per heavy atom. The number of methoxy groups -OCH3 is 1. The highest BCUT2D eigenvalue weighted by molar-refractivity contribution is 5.39. The van der Waals surface area contributed by atoms with E-state index >= 15 is 0 Å². The fourth-order valence-electron chi connectivity index (χ4n) is 2.56. The minimum absolute atomic E-state index is 0.286. The quantitative estimate of drug-likeness (QED) is 0.850. The molecule has 1 aliphatic rings. The summed E-state index contributed by atoms with van der Waals surface area (Å²) in [7, 11) is 1.63. The Morgan fingerprint density at radius 3 is 2.74 bits per heavy atom. The van der Waals surface area contributed by atoms with Crippen LogP contribution in [0.25, 0.3) is 0 Å². The molecule has 2 atom stereocenters. The Bertz CT molecular complexity index is 467. The molecule has 0 bridgehead atoms. The summed E-state index contributed by atoms with van der Waals surface area (Å²) in [4.78, 5) is 0. The molecule has 106 valence electrons. The summed E-state index contributed by atoms with van der Waals surface area (Å²) >= 11 is 0. The first-order chi connectivity index (χ1) is 8.77. The zero-order chi connectivity index (χ0) is 14.3. The van der Waals surface area contributed by atoms with Crippen LogP contribution in [0.5, 0.6) is 0 Å². The highest BCUT2D eigenvalue weighted by atomic mass is 16.7. The van der Waals surface area contributed by atoms with Gasteiger partial charge in [0.05, 0.1) is 12.7 Å². The maximum atomic E-state index is 10.6. The van der Waals surface area contributed by atoms with E-state index in [9.17, 15) is 5.11 Å². The van der Waals surface area contributed by atoms with E-state index < -0.39 is 11.9 Å². The molecule has 1 N–H and O–H groups in total. The molecule has 1 aromatic rings. The maximum absolute atomic E-state index is 10.6. The van der Waals surface area contributed by atoms with E-state index in [-0.39, 0.29) is 5.41 Å². The molecule has 0 aliphatic heterocycles. The van der Waals surface area contributed by atoms with Crippen molar-refractivity contribution in [3.8, 4) is 0 Å². The molecule has 3 nitrogen and oxygen atoms in total. The molecule has 0 saturated heterocycles. The molecule has 0 unspecified atom stereocenters. The second-order valence-corrected chi connectivity index (χ2v) is 6.33. The highest BCUT2D eigenvalue weighted by Crippen LogP contribution is 2.46. The van der Waals surface area contributed by atoms with Gasteiger partial charge in [0.2, 0.25) is 0 Å². The SMILES string of the molecule is COC(C)(C)OC[C@@]1(C)Cc2ccc(C)cc2[C@H]1O. The van der Waals surface area contributed by atoms with E-state index in [0.717, 1.165) is 12.0 Å². The monoisotopic (exact) mass is 264 g/mol. The Labute approximate surface area is 115 Å². The van der Waals surface area contributed by atoms with Crippen LogP contribution in [0.4, 0.5) is 0 Å². The van der Waals surface area contributed by atoms with Crippen molar-refractivity contribution in [2.45, 2.75) is 46.0 Å². The normalized spacial score (nSPS) is 26.5. The van der Waals surface area contributed by atoms with Crippen LogP contribution < -0.4 is 0 Å². The van der Waals surface area contributed by atoms with Gasteiger partial charge in [0, 0.05) is 12.5 Å². The third-order valence-corrected chi connectivity index (χ3v) is 4.09. The average molecular weight is 264 g/mol. The van der Waals surface area contributed by atoms with Crippen molar-refractivity contribution >= 4 is 0 Å². The lowest BCUT2D eigenvalue weighted by Crippen LogP contribution is -2.35. The number of rotatable bonds is 4. The van der Waals surface area contributed by atoms with Gasteiger partial charge in [-0.25, -0.2) is 0 Å². The van der Waals surface area contributed by atoms with Crippen LogP contribution in [0.15, 0.2) is 18.2 Å². The number of fused-ring (bicyclic) bond motifs is 1. The first-order valence-electron chi connectivity index (χ1n) is 6.74. The van der Waals surface area contributed by atoms with Crippen molar-refractivity contribution in [1.82, 2.24) is 0 Å². The number of ether oxygens (including phenoxy) is 2. The molecule has 0 amide bonds. The smallest absolute Gasteiger partial charge is 0.162 e. The predicted octanol–water partition coefficient (Wildman–Crippen LogP) is 2.99. The molecule has 1 aliphatic carbocycles. The predicted molar refractivity (Wildman–Crippen MR) is 75.0 cm³/mol. The van der Waals surface area contributed by atoms with E-state index in [1.807, 2.05) is 20.8 Å². The van der Waals surface area contributed by atoms with E-state index in [1.165, 1.54) is 11.1 Å². The van der Waals surface area contributed by atoms with Crippen molar-refractivity contribution < 1.29 is 14.6 Å². The Morgan fingerprint density at radius 2 is 2.11 bits per heavy atom. The molecule has 0 radical (unpaired) electrons. The molecule has 3 heteroatoms. The van der Waals surface area contributed by atoms with Crippen molar-refractivity contribution in [3.63, 3.8) is 0 Å². The summed E-state index contributed by atoms with van der Waals surface area (Å²) in [6.07, 6.45) is 0.360. The Hall–Kier alpha value is -0.900. The van der Waals surface area contributed by atoms with Gasteiger partial charge in [-0.05, 0) is 38.3 Å². The van der Waals surface area contributed by atoms with Gasteiger partial charge in [0.25, 0.3) is 0 Å². The number of aliphatic hydroxyl groups excluding tert-OH is 1. The van der Waals surface area contributed by atoms with Gasteiger partial charge < -0.3 is 14.6 Å². The standard InChI is InChI=1S/C16H24O3/c1-11-6-7-12-9-16(4,14(17)13(12)8-11)10-19-15(2,3)18-5/h6-8,14,17H,9-10H2,1-5H3/t14-,16-/m1/s1. The fraction of sp³-hybridized carbons (Fsp3) is 0.625. The molecule has 2 rings (SSSR count). The lowest BCUT2D eigenvalue weighted by molar-refractivity contribution is -0.218. The minimum atomic E-state index is -0.618. The molecule has 1 aromatic carbocycles. The van der Waals surface area contributed by atoms with Crippen molar-refractivity contribution in [1.29, 1.82) is 0 Å². The summed E-state index contributed by atoms with van der Waals surface area (Å²) < 4.78 is 11.1. The largest absolute Gasteiger partial charge is 0.388 e. The summed E-state index contributed by atoms with van der Waals surface area (Å²) in [5.74, 6) is -0.618. The number of aryl methyl sites for hydroxylation is 1. The van der Waals surface area contributed by atoms with Crippen molar-refractivity contribution in [2.75, 3.05) is 13.7 Å². The van der Waals surface area contributed by atoms with Crippen LogP contribution in [0.3, 0.4) is 0 Å². The number of aliphatic hydroxyl groups is 1. The summed E-state index contributed by atoms with van der Waals surface area (Å²) in [6.45, 7) is 8.36. The molecule has 19 heavy (non-hydrogen) atoms. The number of hydrogen-bond donors (Lipinski definition) is 1. The topological polar surface area (TPSA) is 38.7 Å². The average Bonchev–Trinajstić information content (AvgIpc) is 2.61. The molecule has 0 aromatic heterocycles. The second-order valence-electron chi connectivity index (χ2n) is 6.33. The van der Waals surface area contributed by atoms with E-state index in [2.05, 4.69) is 25.1 Å². The third kappa shape index (κ3) is 2.83. The van der Waals surface area contributed by atoms with Crippen LogP contribution >= 0.6 is 0 Å². The van der Waals surface area contributed by atoms with Gasteiger partial charge in [-0.2, -0.15) is 0 Å². The van der Waals surface area contributed by atoms with Crippen LogP contribution in [-0.2, 0) is 15.9 Å². The van der Waals surface area contributed by atoms with Gasteiger partial charge in [-0.1, -0.05) is 30.7 Å². The Balaban J connectivity index is 2.15. The first-order valence-corrected chi connectivity index (χ1v) is 6.74. The first kappa shape index (κ1) is 14.5. The molecule has 0 spiro atoms. The molecular weight excluding hydrogens is 240 g/mol. The van der Waals surface area contributed by atoms with E-state index in [1.54, 1.807) is 7.11 Å². The lowest BCUT2D eigenvalue weighted by Gasteiger charge is -2.33. The third-order valence-electron chi connectivity index (χ3n) is 4.09. The summed E-state index contributed by atoms with van der Waals surface area (Å²) in [6, 6.07) is 6.28. The summed E-state index contributed by atoms with van der Waals surface area (Å²) in [5.41, 5.74) is 3.16. The van der Waals surface area contributed by atoms with Crippen LogP contribution in [-0.4, -0.2) is 24.6 Å². The van der Waals surface area contributed by atoms with Crippen molar-refractivity contribution in [3.05, 3.63) is 34.9 Å². The van der Waals surface area contributed by atoms with Crippen LogP contribution in [0.2, 0.25) is 0 Å². The van der Waals surface area contributed by atoms with E-state index in [4.69, 9.17) is 9.47 Å². The van der Waals surface area contributed by atoms with Gasteiger partial charge in [-0.15, -0.1) is 0 Å². The molecular formula is C16H24O3. The number of benzene rings is 1. The van der Waals surface area contributed by atoms with Crippen LogP contribution in [0.1, 0.15) is 43.6 Å². The number of hydrogen-bond acceptors (Lipinski definition) is 3. The van der Waals surface area contributed by atoms with Crippen LogP contribution in [0, 0.1) is 12.3 Å². The second kappa shape index (κ2) is 4.89. The summed E-state index contributed by atoms with van der Waals surface area (Å²) in [5, 5.41) is 10.6. The molecule has 0 heterocycles.